The van der Waals surface area contributed by atoms with Crippen molar-refractivity contribution in [1.82, 2.24) is 30.1 Å². The standard InChI is InChI=1S/C38H38F3N7O2/c1-3-27-30(40)10-8-23-6-4-7-28(32(23)27)34-33(41)35-29(19-43-34)36(45-37(44-35)50-22-38-14-5-16-48(38)20-24(39)18-38)46(2)26-13-17-47(21-26)31(49)11-9-25-12-15-42-25/h1,4,6-11,19,24-26,42H,5,12-18,20-22H2,2H3/b11-9+/t24-,25+,26-,38+/m1/s1. The molecule has 0 spiro atoms. The van der Waals surface area contributed by atoms with Gasteiger partial charge in [-0.3, -0.25) is 14.7 Å². The van der Waals surface area contributed by atoms with Gasteiger partial charge in [0.2, 0.25) is 5.91 Å². The van der Waals surface area contributed by atoms with Gasteiger partial charge in [0.15, 0.2) is 5.82 Å². The van der Waals surface area contributed by atoms with Crippen molar-refractivity contribution >= 4 is 33.4 Å². The second-order valence-electron chi connectivity index (χ2n) is 13.9. The fourth-order valence-corrected chi connectivity index (χ4v) is 8.09. The first-order valence-corrected chi connectivity index (χ1v) is 17.2. The lowest BCUT2D eigenvalue weighted by Gasteiger charge is -2.31. The maximum Gasteiger partial charge on any atom is 0.319 e. The molecule has 4 aliphatic rings. The summed E-state index contributed by atoms with van der Waals surface area (Å²) in [7, 11) is 1.86. The van der Waals surface area contributed by atoms with Crippen LogP contribution in [-0.2, 0) is 4.79 Å². The highest BCUT2D eigenvalue weighted by Crippen LogP contribution is 2.41. The van der Waals surface area contributed by atoms with Gasteiger partial charge < -0.3 is 19.9 Å². The molecule has 1 amide bonds. The number of rotatable bonds is 8. The van der Waals surface area contributed by atoms with Gasteiger partial charge in [-0.15, -0.1) is 6.42 Å². The molecule has 0 radical (unpaired) electrons. The van der Waals surface area contributed by atoms with Crippen LogP contribution in [0.3, 0.4) is 0 Å². The van der Waals surface area contributed by atoms with E-state index in [4.69, 9.17) is 16.1 Å². The number of anilines is 1. The molecule has 0 unspecified atom stereocenters. The summed E-state index contributed by atoms with van der Waals surface area (Å²) in [4.78, 5) is 32.8. The number of likely N-dealkylation sites (tertiary alicyclic amines) is 1. The highest BCUT2D eigenvalue weighted by molar-refractivity contribution is 6.02. The number of carbonyl (C=O) groups excluding carboxylic acids is 1. The monoisotopic (exact) mass is 681 g/mol. The first-order chi connectivity index (χ1) is 24.2. The number of hydrogen-bond donors (Lipinski definition) is 1. The minimum atomic E-state index is -0.935. The van der Waals surface area contributed by atoms with E-state index in [9.17, 15) is 13.6 Å². The smallest absolute Gasteiger partial charge is 0.319 e. The van der Waals surface area contributed by atoms with Gasteiger partial charge in [0, 0.05) is 68.4 Å². The largest absolute Gasteiger partial charge is 0.461 e. The van der Waals surface area contributed by atoms with Crippen molar-refractivity contribution < 1.29 is 22.7 Å². The molecule has 0 aliphatic carbocycles. The molecule has 1 N–H and O–H groups in total. The summed E-state index contributed by atoms with van der Waals surface area (Å²) in [6, 6.07) is 8.17. The van der Waals surface area contributed by atoms with Crippen LogP contribution in [0, 0.1) is 24.0 Å². The van der Waals surface area contributed by atoms with Crippen LogP contribution in [0.15, 0.2) is 48.7 Å². The number of amides is 1. The lowest BCUT2D eigenvalue weighted by atomic mass is 9.95. The molecule has 258 valence electrons. The van der Waals surface area contributed by atoms with E-state index in [1.54, 1.807) is 35.2 Å². The van der Waals surface area contributed by atoms with Crippen LogP contribution in [0.5, 0.6) is 6.01 Å². The number of fused-ring (bicyclic) bond motifs is 3. The number of ether oxygens (including phenoxy) is 1. The Balaban J connectivity index is 1.18. The topological polar surface area (TPSA) is 86.7 Å². The van der Waals surface area contributed by atoms with Crippen LogP contribution in [0.25, 0.3) is 32.9 Å². The highest BCUT2D eigenvalue weighted by Gasteiger charge is 2.49. The Bertz CT molecular complexity index is 2060. The van der Waals surface area contributed by atoms with Crippen LogP contribution >= 0.6 is 0 Å². The van der Waals surface area contributed by atoms with E-state index >= 15 is 4.39 Å². The van der Waals surface area contributed by atoms with Crippen molar-refractivity contribution in [1.29, 1.82) is 0 Å². The molecule has 0 saturated carbocycles. The van der Waals surface area contributed by atoms with Crippen LogP contribution in [0.4, 0.5) is 19.0 Å². The van der Waals surface area contributed by atoms with Gasteiger partial charge >= 0.3 is 6.01 Å². The average molecular weight is 682 g/mol. The summed E-state index contributed by atoms with van der Waals surface area (Å²) in [5.74, 6) is 1.46. The molecule has 4 atom stereocenters. The average Bonchev–Trinajstić information content (AvgIpc) is 3.81. The summed E-state index contributed by atoms with van der Waals surface area (Å²) in [5.41, 5.74) is -0.158. The van der Waals surface area contributed by atoms with E-state index in [-0.39, 0.29) is 47.4 Å². The predicted octanol–water partition coefficient (Wildman–Crippen LogP) is 5.01. The summed E-state index contributed by atoms with van der Waals surface area (Å²) in [5, 5.41) is 4.65. The lowest BCUT2D eigenvalue weighted by molar-refractivity contribution is -0.125. The molecule has 8 rings (SSSR count). The number of alkyl halides is 1. The Morgan fingerprint density at radius 1 is 1.20 bits per heavy atom. The van der Waals surface area contributed by atoms with Gasteiger partial charge in [0.1, 0.15) is 35.6 Å². The Labute approximate surface area is 288 Å². The van der Waals surface area contributed by atoms with Crippen LogP contribution in [0.1, 0.15) is 37.7 Å². The zero-order valence-electron chi connectivity index (χ0n) is 27.8. The number of carbonyl (C=O) groups is 1. The van der Waals surface area contributed by atoms with Gasteiger partial charge in [-0.2, -0.15) is 9.97 Å². The molecule has 0 bridgehead atoms. The zero-order valence-corrected chi connectivity index (χ0v) is 27.8. The summed E-state index contributed by atoms with van der Waals surface area (Å²) in [6.07, 6.45) is 13.6. The van der Waals surface area contributed by atoms with E-state index in [0.717, 1.165) is 32.4 Å². The first kappa shape index (κ1) is 32.5. The van der Waals surface area contributed by atoms with Crippen LogP contribution in [0.2, 0.25) is 0 Å². The number of halogens is 3. The fourth-order valence-electron chi connectivity index (χ4n) is 8.09. The third kappa shape index (κ3) is 5.62. The molecule has 4 aromatic rings. The Hall–Kier alpha value is -4.73. The van der Waals surface area contributed by atoms with E-state index in [1.807, 2.05) is 18.0 Å². The summed E-state index contributed by atoms with van der Waals surface area (Å²) in [6.45, 7) is 3.32. The molecule has 2 aromatic heterocycles. The highest BCUT2D eigenvalue weighted by atomic mass is 19.1. The summed E-state index contributed by atoms with van der Waals surface area (Å²) >= 11 is 0. The molecule has 4 fully saturated rings. The molecule has 2 aromatic carbocycles. The second kappa shape index (κ2) is 12.9. The van der Waals surface area contributed by atoms with Gasteiger partial charge in [0.05, 0.1) is 16.5 Å². The number of benzene rings is 2. The molecular formula is C38H38F3N7O2. The molecule has 12 heteroatoms. The van der Waals surface area contributed by atoms with Gasteiger partial charge in [-0.25, -0.2) is 13.2 Å². The fraction of sp³-hybridized carbons (Fsp3) is 0.421. The van der Waals surface area contributed by atoms with E-state index in [0.29, 0.717) is 60.0 Å². The Kier molecular flexibility index (Phi) is 8.35. The number of nitrogens with one attached hydrogen (secondary N) is 1. The normalized spacial score (nSPS) is 24.9. The first-order valence-electron chi connectivity index (χ1n) is 17.2. The number of nitrogens with zero attached hydrogens (tertiary/aromatic N) is 6. The molecule has 50 heavy (non-hydrogen) atoms. The number of pyridine rings is 1. The van der Waals surface area contributed by atoms with Crippen molar-refractivity contribution in [3.63, 3.8) is 0 Å². The third-order valence-electron chi connectivity index (χ3n) is 11.0. The second-order valence-corrected chi connectivity index (χ2v) is 13.9. The third-order valence-corrected chi connectivity index (χ3v) is 11.0. The quantitative estimate of drug-likeness (QED) is 0.205. The number of hydrogen-bond acceptors (Lipinski definition) is 8. The number of likely N-dealkylation sites (N-methyl/N-ethyl adjacent to an activating group) is 1. The van der Waals surface area contributed by atoms with Crippen molar-refractivity contribution in [2.45, 2.75) is 55.9 Å². The van der Waals surface area contributed by atoms with Gasteiger partial charge in [0.25, 0.3) is 0 Å². The van der Waals surface area contributed by atoms with Gasteiger partial charge in [-0.05, 0) is 50.2 Å². The maximum absolute atomic E-state index is 16.9. The Morgan fingerprint density at radius 3 is 2.86 bits per heavy atom. The minimum absolute atomic E-state index is 0.0186. The van der Waals surface area contributed by atoms with Crippen molar-refractivity contribution in [2.75, 3.05) is 51.3 Å². The van der Waals surface area contributed by atoms with E-state index < -0.39 is 23.3 Å². The van der Waals surface area contributed by atoms with Crippen molar-refractivity contribution in [2.24, 2.45) is 0 Å². The minimum Gasteiger partial charge on any atom is -0.461 e. The lowest BCUT2D eigenvalue weighted by Crippen LogP contribution is -2.43. The molecule has 4 aliphatic heterocycles. The van der Waals surface area contributed by atoms with E-state index in [1.165, 1.54) is 12.3 Å². The number of aromatic nitrogens is 3. The van der Waals surface area contributed by atoms with Crippen molar-refractivity contribution in [3.8, 4) is 29.6 Å². The van der Waals surface area contributed by atoms with Crippen LogP contribution in [-0.4, -0.2) is 101 Å². The Morgan fingerprint density at radius 2 is 2.06 bits per heavy atom. The maximum atomic E-state index is 16.9. The van der Waals surface area contributed by atoms with E-state index in [2.05, 4.69) is 26.1 Å². The van der Waals surface area contributed by atoms with Crippen molar-refractivity contribution in [3.05, 3.63) is 65.9 Å². The number of terminal acetylenes is 1. The molecule has 6 heterocycles. The molecule has 9 nitrogen and oxygen atoms in total. The zero-order chi connectivity index (χ0) is 34.6. The predicted molar refractivity (Wildman–Crippen MR) is 186 cm³/mol. The SMILES string of the molecule is C#Cc1c(F)ccc2cccc(-c3ncc4c(N(C)[C@@H]5CCN(C(=O)/C=C/[C@H]6CCN6)C5)nc(OC[C@@]56CCCN5C[C@H](F)C6)nc4c3F)c12. The van der Waals surface area contributed by atoms with Gasteiger partial charge in [-0.1, -0.05) is 36.3 Å². The van der Waals surface area contributed by atoms with Crippen LogP contribution < -0.4 is 15.0 Å². The molecular weight excluding hydrogens is 643 g/mol. The summed E-state index contributed by atoms with van der Waals surface area (Å²) < 4.78 is 52.5. The molecule has 4 saturated heterocycles.